The number of thiophene rings is 1. The number of pyridine rings is 1. The van der Waals surface area contributed by atoms with Crippen LogP contribution in [0.3, 0.4) is 0 Å². The van der Waals surface area contributed by atoms with Crippen molar-refractivity contribution in [3.05, 3.63) is 23.2 Å². The van der Waals surface area contributed by atoms with E-state index in [0.717, 1.165) is 38.0 Å². The first-order valence-electron chi connectivity index (χ1n) is 7.31. The molecule has 2 bridgehead atoms. The molecule has 7 heteroatoms. The van der Waals surface area contributed by atoms with E-state index in [0.29, 0.717) is 10.6 Å². The van der Waals surface area contributed by atoms with Crippen LogP contribution in [0, 0.1) is 5.92 Å². The molecule has 0 unspecified atom stereocenters. The van der Waals surface area contributed by atoms with Crippen molar-refractivity contribution < 1.29 is 9.90 Å². The second-order valence-electron chi connectivity index (χ2n) is 5.87. The molecular weight excluding hydrogens is 322 g/mol. The Labute approximate surface area is 138 Å². The number of halogens is 1. The summed E-state index contributed by atoms with van der Waals surface area (Å²) in [4.78, 5) is 19.1. The minimum absolute atomic E-state index is 0. The van der Waals surface area contributed by atoms with Crippen LogP contribution in [-0.2, 0) is 0 Å². The summed E-state index contributed by atoms with van der Waals surface area (Å²) in [6, 6.07) is 2.04. The highest BCUT2D eigenvalue weighted by atomic mass is 35.5. The van der Waals surface area contributed by atoms with Crippen LogP contribution in [0.5, 0.6) is 5.75 Å². The lowest BCUT2D eigenvalue weighted by Crippen LogP contribution is -2.57. The van der Waals surface area contributed by atoms with Gasteiger partial charge in [0.05, 0.1) is 10.2 Å². The number of carbonyl (C=O) groups excluding carboxylic acids is 1. The van der Waals surface area contributed by atoms with Gasteiger partial charge in [0.2, 0.25) is 0 Å². The first kappa shape index (κ1) is 15.5. The number of piperidine rings is 3. The number of amides is 1. The average Bonchev–Trinajstić information content (AvgIpc) is 2.98. The molecule has 0 aromatic carbocycles. The van der Waals surface area contributed by atoms with Crippen molar-refractivity contribution in [2.24, 2.45) is 5.92 Å². The molecule has 0 aliphatic carbocycles. The lowest BCUT2D eigenvalue weighted by Gasteiger charge is -2.44. The van der Waals surface area contributed by atoms with Gasteiger partial charge in [0.15, 0.2) is 0 Å². The molecule has 3 fully saturated rings. The molecule has 1 amide bonds. The number of rotatable bonds is 2. The Kier molecular flexibility index (Phi) is 4.25. The van der Waals surface area contributed by atoms with E-state index in [2.05, 4.69) is 15.2 Å². The lowest BCUT2D eigenvalue weighted by molar-refractivity contribution is 0.0619. The predicted molar refractivity (Wildman–Crippen MR) is 89.0 cm³/mol. The summed E-state index contributed by atoms with van der Waals surface area (Å²) in [6.07, 6.45) is 3.78. The molecule has 5 rings (SSSR count). The Morgan fingerprint density at radius 3 is 2.86 bits per heavy atom. The molecule has 5 heterocycles. The molecule has 22 heavy (non-hydrogen) atoms. The van der Waals surface area contributed by atoms with Gasteiger partial charge in [-0.05, 0) is 43.3 Å². The standard InChI is InChI=1S/C15H17N3O2S.ClH/c19-13-10(7-16-11-3-6-21-14(11)13)15(20)17-12-8-18-4-1-9(12)2-5-18;/h3,6-7,9,12H,1-2,4-5,8H2,(H,16,19)(H,17,20);1H/t12-;/m0./s1. The Balaban J connectivity index is 0.00000144. The van der Waals surface area contributed by atoms with Gasteiger partial charge < -0.3 is 15.3 Å². The number of nitrogens with one attached hydrogen (secondary N) is 1. The highest BCUT2D eigenvalue weighted by Gasteiger charge is 2.35. The van der Waals surface area contributed by atoms with Gasteiger partial charge in [-0.3, -0.25) is 9.78 Å². The molecule has 118 valence electrons. The van der Waals surface area contributed by atoms with E-state index in [1.54, 1.807) is 0 Å². The van der Waals surface area contributed by atoms with Crippen LogP contribution in [-0.4, -0.2) is 46.6 Å². The largest absolute Gasteiger partial charge is 0.505 e. The topological polar surface area (TPSA) is 65.5 Å². The Morgan fingerprint density at radius 2 is 2.18 bits per heavy atom. The van der Waals surface area contributed by atoms with E-state index in [-0.39, 0.29) is 35.7 Å². The van der Waals surface area contributed by atoms with Gasteiger partial charge in [0, 0.05) is 18.8 Å². The van der Waals surface area contributed by atoms with E-state index >= 15 is 0 Å². The van der Waals surface area contributed by atoms with Crippen molar-refractivity contribution in [2.75, 3.05) is 19.6 Å². The van der Waals surface area contributed by atoms with E-state index in [1.807, 2.05) is 11.4 Å². The number of carbonyl (C=O) groups is 1. The highest BCUT2D eigenvalue weighted by Crippen LogP contribution is 2.32. The van der Waals surface area contributed by atoms with Crippen LogP contribution in [0.15, 0.2) is 17.6 Å². The molecule has 2 N–H and O–H groups in total. The summed E-state index contributed by atoms with van der Waals surface area (Å²) in [7, 11) is 0. The summed E-state index contributed by atoms with van der Waals surface area (Å²) in [5, 5.41) is 15.2. The van der Waals surface area contributed by atoms with Crippen molar-refractivity contribution in [2.45, 2.75) is 18.9 Å². The van der Waals surface area contributed by atoms with Crippen LogP contribution in [0.4, 0.5) is 0 Å². The second-order valence-corrected chi connectivity index (χ2v) is 6.79. The van der Waals surface area contributed by atoms with Crippen molar-refractivity contribution in [3.63, 3.8) is 0 Å². The number of fused-ring (bicyclic) bond motifs is 4. The van der Waals surface area contributed by atoms with Gasteiger partial charge >= 0.3 is 0 Å². The van der Waals surface area contributed by atoms with E-state index in [4.69, 9.17) is 0 Å². The van der Waals surface area contributed by atoms with Gasteiger partial charge in [-0.2, -0.15) is 0 Å². The molecule has 5 nitrogen and oxygen atoms in total. The summed E-state index contributed by atoms with van der Waals surface area (Å²) in [6.45, 7) is 3.21. The highest BCUT2D eigenvalue weighted by molar-refractivity contribution is 7.17. The van der Waals surface area contributed by atoms with Crippen molar-refractivity contribution >= 4 is 39.9 Å². The minimum Gasteiger partial charge on any atom is -0.505 e. The summed E-state index contributed by atoms with van der Waals surface area (Å²) >= 11 is 1.40. The summed E-state index contributed by atoms with van der Waals surface area (Å²) < 4.78 is 0.677. The monoisotopic (exact) mass is 339 g/mol. The van der Waals surface area contributed by atoms with Gasteiger partial charge in [0.1, 0.15) is 11.3 Å². The molecule has 0 radical (unpaired) electrons. The molecule has 0 spiro atoms. The first-order chi connectivity index (χ1) is 10.2. The van der Waals surface area contributed by atoms with Gasteiger partial charge in [-0.15, -0.1) is 23.7 Å². The minimum atomic E-state index is -0.214. The van der Waals surface area contributed by atoms with E-state index in [9.17, 15) is 9.90 Å². The Bertz CT molecular complexity index is 697. The maximum atomic E-state index is 12.5. The number of hydrogen-bond donors (Lipinski definition) is 2. The molecule has 3 saturated heterocycles. The van der Waals surface area contributed by atoms with Crippen molar-refractivity contribution in [1.29, 1.82) is 0 Å². The third kappa shape index (κ3) is 2.55. The third-order valence-corrected chi connectivity index (χ3v) is 5.58. The Morgan fingerprint density at radius 1 is 1.41 bits per heavy atom. The maximum absolute atomic E-state index is 12.5. The predicted octanol–water partition coefficient (Wildman–Crippen LogP) is 2.25. The molecule has 2 aromatic heterocycles. The maximum Gasteiger partial charge on any atom is 0.256 e. The van der Waals surface area contributed by atoms with Crippen LogP contribution in [0.1, 0.15) is 23.2 Å². The van der Waals surface area contributed by atoms with E-state index < -0.39 is 0 Å². The second kappa shape index (κ2) is 6.02. The van der Waals surface area contributed by atoms with Gasteiger partial charge in [-0.25, -0.2) is 0 Å². The fourth-order valence-electron chi connectivity index (χ4n) is 3.44. The zero-order valence-corrected chi connectivity index (χ0v) is 13.6. The Hall–Kier alpha value is -1.37. The number of aromatic nitrogens is 1. The summed E-state index contributed by atoms with van der Waals surface area (Å²) in [5.41, 5.74) is 1.01. The van der Waals surface area contributed by atoms with Crippen LogP contribution < -0.4 is 5.32 Å². The molecular formula is C15H18ClN3O2S. The molecule has 3 aliphatic rings. The lowest BCUT2D eigenvalue weighted by atomic mass is 9.84. The number of hydrogen-bond acceptors (Lipinski definition) is 5. The number of aromatic hydroxyl groups is 1. The SMILES string of the molecule is Cl.O=C(N[C@H]1CN2CCC1CC2)c1cnc2ccsc2c1O. The average molecular weight is 340 g/mol. The molecule has 3 aliphatic heterocycles. The smallest absolute Gasteiger partial charge is 0.256 e. The normalized spacial score (nSPS) is 26.6. The van der Waals surface area contributed by atoms with E-state index in [1.165, 1.54) is 17.5 Å². The van der Waals surface area contributed by atoms with Crippen molar-refractivity contribution in [1.82, 2.24) is 15.2 Å². The van der Waals surface area contributed by atoms with Crippen LogP contribution >= 0.6 is 23.7 Å². The third-order valence-electron chi connectivity index (χ3n) is 4.66. The fourth-order valence-corrected chi connectivity index (χ4v) is 4.24. The van der Waals surface area contributed by atoms with Gasteiger partial charge in [-0.1, -0.05) is 0 Å². The summed E-state index contributed by atoms with van der Waals surface area (Å²) in [5.74, 6) is 0.405. The zero-order valence-electron chi connectivity index (χ0n) is 12.0. The molecule has 1 atom stereocenters. The van der Waals surface area contributed by atoms with Gasteiger partial charge in [0.25, 0.3) is 5.91 Å². The first-order valence-corrected chi connectivity index (χ1v) is 8.19. The van der Waals surface area contributed by atoms with Crippen molar-refractivity contribution in [3.8, 4) is 5.75 Å². The number of nitrogens with zero attached hydrogens (tertiary/aromatic N) is 2. The zero-order chi connectivity index (χ0) is 14.4. The van der Waals surface area contributed by atoms with Crippen LogP contribution in [0.25, 0.3) is 10.2 Å². The molecule has 0 saturated carbocycles. The van der Waals surface area contributed by atoms with Crippen LogP contribution in [0.2, 0.25) is 0 Å². The molecule has 2 aromatic rings. The fraction of sp³-hybridized carbons (Fsp3) is 0.467. The quantitative estimate of drug-likeness (QED) is 0.880.